The predicted molar refractivity (Wildman–Crippen MR) is 54.6 cm³/mol. The second-order valence-corrected chi connectivity index (χ2v) is 3.22. The number of halogens is 4. The van der Waals surface area contributed by atoms with Crippen molar-refractivity contribution in [3.8, 4) is 0 Å². The molecule has 1 aromatic carbocycles. The molecule has 0 aliphatic rings. The second-order valence-electron chi connectivity index (χ2n) is 3.22. The van der Waals surface area contributed by atoms with E-state index in [0.29, 0.717) is 0 Å². The number of hydrogen-bond acceptors (Lipinski definition) is 2. The third-order valence-corrected chi connectivity index (χ3v) is 1.89. The molecule has 0 fully saturated rings. The van der Waals surface area contributed by atoms with Crippen molar-refractivity contribution in [3.63, 3.8) is 0 Å². The number of rotatable bonds is 2. The van der Waals surface area contributed by atoms with Crippen LogP contribution < -0.4 is 5.73 Å². The van der Waals surface area contributed by atoms with Gasteiger partial charge in [0.25, 0.3) is 0 Å². The van der Waals surface area contributed by atoms with Gasteiger partial charge in [-0.3, -0.25) is 4.99 Å². The third kappa shape index (κ3) is 2.95. The summed E-state index contributed by atoms with van der Waals surface area (Å²) in [6, 6.07) is 6.07. The molecule has 1 rings (SSSR count). The second kappa shape index (κ2) is 4.51. The van der Waals surface area contributed by atoms with Crippen LogP contribution in [0, 0.1) is 0 Å². The maximum atomic E-state index is 12.8. The van der Waals surface area contributed by atoms with Crippen molar-refractivity contribution in [2.45, 2.75) is 19.3 Å². The van der Waals surface area contributed by atoms with E-state index < -0.39 is 18.1 Å². The molecule has 0 heterocycles. The Kier molecular flexibility index (Phi) is 3.51. The molecule has 0 aliphatic carbocycles. The zero-order chi connectivity index (χ0) is 12.3. The van der Waals surface area contributed by atoms with Gasteiger partial charge in [0.05, 0.1) is 17.1 Å². The standard InChI is InChI=1S/C10H10F4N2/c1-6(9(11)10(12,13)14)16-8-5-3-2-4-7(8)15/h2-5,9H,15H2,1H3. The first-order chi connectivity index (χ1) is 7.32. The zero-order valence-corrected chi connectivity index (χ0v) is 8.42. The number of benzene rings is 1. The Hall–Kier alpha value is -1.59. The Morgan fingerprint density at radius 2 is 1.88 bits per heavy atom. The van der Waals surface area contributed by atoms with Crippen molar-refractivity contribution in [2.75, 3.05) is 5.73 Å². The summed E-state index contributed by atoms with van der Waals surface area (Å²) in [4.78, 5) is 3.52. The van der Waals surface area contributed by atoms with Gasteiger partial charge in [0, 0.05) is 0 Å². The first-order valence-electron chi connectivity index (χ1n) is 4.43. The van der Waals surface area contributed by atoms with Gasteiger partial charge in [-0.2, -0.15) is 13.2 Å². The highest BCUT2D eigenvalue weighted by Gasteiger charge is 2.42. The Morgan fingerprint density at radius 1 is 1.31 bits per heavy atom. The largest absolute Gasteiger partial charge is 0.425 e. The highest BCUT2D eigenvalue weighted by atomic mass is 19.4. The van der Waals surface area contributed by atoms with Crippen LogP contribution in [0.5, 0.6) is 0 Å². The Morgan fingerprint density at radius 3 is 2.38 bits per heavy atom. The van der Waals surface area contributed by atoms with E-state index >= 15 is 0 Å². The summed E-state index contributed by atoms with van der Waals surface area (Å²) in [5, 5.41) is 0. The molecule has 0 spiro atoms. The average Bonchev–Trinajstić information content (AvgIpc) is 2.19. The molecule has 0 saturated carbocycles. The van der Waals surface area contributed by atoms with Crippen LogP contribution in [0.2, 0.25) is 0 Å². The monoisotopic (exact) mass is 234 g/mol. The van der Waals surface area contributed by atoms with Gasteiger partial charge >= 0.3 is 6.18 Å². The van der Waals surface area contributed by atoms with Crippen molar-refractivity contribution >= 4 is 17.1 Å². The highest BCUT2D eigenvalue weighted by molar-refractivity contribution is 5.90. The minimum absolute atomic E-state index is 0.131. The predicted octanol–water partition coefficient (Wildman–Crippen LogP) is 3.26. The molecule has 0 aliphatic heterocycles. The SMILES string of the molecule is CC(=Nc1ccccc1N)C(F)C(F)(F)F. The summed E-state index contributed by atoms with van der Waals surface area (Å²) in [6.45, 7) is 0.977. The number of nitrogen functional groups attached to an aromatic ring is 1. The Balaban J connectivity index is 2.98. The quantitative estimate of drug-likeness (QED) is 0.476. The zero-order valence-electron chi connectivity index (χ0n) is 8.42. The number of anilines is 1. The van der Waals surface area contributed by atoms with Crippen molar-refractivity contribution in [3.05, 3.63) is 24.3 Å². The summed E-state index contributed by atoms with van der Waals surface area (Å²) >= 11 is 0. The molecule has 1 aromatic rings. The minimum atomic E-state index is -4.93. The van der Waals surface area contributed by atoms with Gasteiger partial charge in [0.2, 0.25) is 6.17 Å². The van der Waals surface area contributed by atoms with Crippen molar-refractivity contribution in [1.29, 1.82) is 0 Å². The molecule has 1 atom stereocenters. The molecule has 2 nitrogen and oxygen atoms in total. The van der Waals surface area contributed by atoms with Gasteiger partial charge < -0.3 is 5.73 Å². The molecule has 88 valence electrons. The van der Waals surface area contributed by atoms with E-state index in [1.54, 1.807) is 12.1 Å². The van der Waals surface area contributed by atoms with Crippen LogP contribution in [0.4, 0.5) is 28.9 Å². The molecule has 0 bridgehead atoms. The molecule has 0 amide bonds. The van der Waals surface area contributed by atoms with E-state index in [0.717, 1.165) is 6.92 Å². The average molecular weight is 234 g/mol. The van der Waals surface area contributed by atoms with Crippen LogP contribution in [0.1, 0.15) is 6.92 Å². The first-order valence-corrected chi connectivity index (χ1v) is 4.43. The summed E-state index contributed by atoms with van der Waals surface area (Å²) in [7, 11) is 0. The first kappa shape index (κ1) is 12.5. The number of aliphatic imine (C=N–C) groups is 1. The number of nitrogens with two attached hydrogens (primary N) is 1. The number of nitrogens with zero attached hydrogens (tertiary/aromatic N) is 1. The van der Waals surface area contributed by atoms with Gasteiger partial charge in [-0.25, -0.2) is 4.39 Å². The molecule has 2 N–H and O–H groups in total. The van der Waals surface area contributed by atoms with Gasteiger partial charge in [0.1, 0.15) is 0 Å². The van der Waals surface area contributed by atoms with E-state index in [1.807, 2.05) is 0 Å². The number of para-hydroxylation sites is 2. The lowest BCUT2D eigenvalue weighted by molar-refractivity contribution is -0.160. The molecule has 0 aromatic heterocycles. The minimum Gasteiger partial charge on any atom is -0.397 e. The Bertz CT molecular complexity index is 398. The van der Waals surface area contributed by atoms with Crippen molar-refractivity contribution < 1.29 is 17.6 Å². The molecular formula is C10H10F4N2. The smallest absolute Gasteiger partial charge is 0.397 e. The van der Waals surface area contributed by atoms with Crippen LogP contribution >= 0.6 is 0 Å². The van der Waals surface area contributed by atoms with E-state index in [9.17, 15) is 17.6 Å². The highest BCUT2D eigenvalue weighted by Crippen LogP contribution is 2.27. The fourth-order valence-corrected chi connectivity index (χ4v) is 1.07. The van der Waals surface area contributed by atoms with Gasteiger partial charge in [-0.1, -0.05) is 12.1 Å². The van der Waals surface area contributed by atoms with E-state index in [1.165, 1.54) is 12.1 Å². The van der Waals surface area contributed by atoms with Gasteiger partial charge in [0.15, 0.2) is 0 Å². The normalized spacial score (nSPS) is 14.9. The fraction of sp³-hybridized carbons (Fsp3) is 0.300. The maximum Gasteiger partial charge on any atom is 0.425 e. The van der Waals surface area contributed by atoms with Crippen LogP contribution in [0.15, 0.2) is 29.3 Å². The molecule has 16 heavy (non-hydrogen) atoms. The van der Waals surface area contributed by atoms with Crippen LogP contribution in [0.3, 0.4) is 0 Å². The lowest BCUT2D eigenvalue weighted by atomic mass is 10.2. The Labute approximate surface area is 89.8 Å². The van der Waals surface area contributed by atoms with Crippen LogP contribution in [-0.2, 0) is 0 Å². The van der Waals surface area contributed by atoms with E-state index in [2.05, 4.69) is 4.99 Å². The van der Waals surface area contributed by atoms with Crippen molar-refractivity contribution in [1.82, 2.24) is 0 Å². The van der Waals surface area contributed by atoms with Gasteiger partial charge in [-0.05, 0) is 19.1 Å². The lowest BCUT2D eigenvalue weighted by Gasteiger charge is -2.12. The number of hydrogen-bond donors (Lipinski definition) is 1. The van der Waals surface area contributed by atoms with Gasteiger partial charge in [-0.15, -0.1) is 0 Å². The van der Waals surface area contributed by atoms with E-state index in [4.69, 9.17) is 5.73 Å². The molecular weight excluding hydrogens is 224 g/mol. The third-order valence-electron chi connectivity index (χ3n) is 1.89. The summed E-state index contributed by atoms with van der Waals surface area (Å²) in [5.41, 5.74) is 5.14. The van der Waals surface area contributed by atoms with Crippen molar-refractivity contribution in [2.24, 2.45) is 4.99 Å². The van der Waals surface area contributed by atoms with Crippen LogP contribution in [-0.4, -0.2) is 18.1 Å². The van der Waals surface area contributed by atoms with Crippen LogP contribution in [0.25, 0.3) is 0 Å². The fourth-order valence-electron chi connectivity index (χ4n) is 1.07. The van der Waals surface area contributed by atoms with E-state index in [-0.39, 0.29) is 11.4 Å². The topological polar surface area (TPSA) is 38.4 Å². The summed E-state index contributed by atoms with van der Waals surface area (Å²) in [5.74, 6) is 0. The molecule has 0 saturated heterocycles. The maximum absolute atomic E-state index is 12.8. The summed E-state index contributed by atoms with van der Waals surface area (Å²) < 4.78 is 48.9. The lowest BCUT2D eigenvalue weighted by Crippen LogP contribution is -2.30. The molecule has 0 radical (unpaired) electrons. The summed E-state index contributed by atoms with van der Waals surface area (Å²) in [6.07, 6.45) is -8.00. The molecule has 1 unspecified atom stereocenters. The number of alkyl halides is 4. The molecule has 6 heteroatoms.